The van der Waals surface area contributed by atoms with Crippen molar-refractivity contribution in [3.05, 3.63) is 63.6 Å². The second-order valence-corrected chi connectivity index (χ2v) is 7.98. The van der Waals surface area contributed by atoms with E-state index in [-0.39, 0.29) is 11.8 Å². The van der Waals surface area contributed by atoms with Crippen LogP contribution in [0.25, 0.3) is 10.6 Å². The van der Waals surface area contributed by atoms with E-state index in [1.54, 1.807) is 38.5 Å². The Hall–Kier alpha value is -2.90. The summed E-state index contributed by atoms with van der Waals surface area (Å²) in [6, 6.07) is 10.5. The molecule has 1 aromatic carbocycles. The van der Waals surface area contributed by atoms with Crippen molar-refractivity contribution in [3.8, 4) is 16.3 Å². The molecule has 1 aliphatic heterocycles. The molecular formula is C21H18ClN3O3S. The molecule has 3 aromatic rings. The average Bonchev–Trinajstić information content (AvgIpc) is 3.08. The van der Waals surface area contributed by atoms with Gasteiger partial charge in [-0.25, -0.2) is 0 Å². The van der Waals surface area contributed by atoms with Gasteiger partial charge in [-0.15, -0.1) is 11.3 Å². The van der Waals surface area contributed by atoms with Crippen LogP contribution in [-0.2, 0) is 6.42 Å². The summed E-state index contributed by atoms with van der Waals surface area (Å²) in [7, 11) is 3.22. The topological polar surface area (TPSA) is 71.5 Å². The fourth-order valence-corrected chi connectivity index (χ4v) is 4.70. The number of carbonyl (C=O) groups excluding carboxylic acids is 2. The Balaban J connectivity index is 1.66. The molecule has 29 heavy (non-hydrogen) atoms. The Kier molecular flexibility index (Phi) is 5.25. The molecule has 0 saturated carbocycles. The quantitative estimate of drug-likeness (QED) is 0.684. The maximum absolute atomic E-state index is 13.1. The predicted octanol–water partition coefficient (Wildman–Crippen LogP) is 4.03. The number of pyridine rings is 1. The van der Waals surface area contributed by atoms with E-state index in [2.05, 4.69) is 10.3 Å². The molecule has 1 aliphatic rings. The van der Waals surface area contributed by atoms with Crippen molar-refractivity contribution >= 4 is 40.4 Å². The van der Waals surface area contributed by atoms with E-state index >= 15 is 0 Å². The highest BCUT2D eigenvalue weighted by Gasteiger charge is 2.24. The molecule has 0 saturated heterocycles. The first-order chi connectivity index (χ1) is 14.0. The van der Waals surface area contributed by atoms with Gasteiger partial charge in [0.05, 0.1) is 27.1 Å². The third-order valence-corrected chi connectivity index (χ3v) is 6.21. The highest BCUT2D eigenvalue weighted by atomic mass is 35.5. The second kappa shape index (κ2) is 7.85. The fourth-order valence-electron chi connectivity index (χ4n) is 3.21. The van der Waals surface area contributed by atoms with Crippen molar-refractivity contribution in [2.75, 3.05) is 25.6 Å². The zero-order valence-electron chi connectivity index (χ0n) is 15.9. The van der Waals surface area contributed by atoms with Gasteiger partial charge < -0.3 is 15.0 Å². The van der Waals surface area contributed by atoms with Crippen molar-refractivity contribution in [2.24, 2.45) is 0 Å². The second-order valence-electron chi connectivity index (χ2n) is 6.52. The van der Waals surface area contributed by atoms with Crippen LogP contribution in [0.3, 0.4) is 0 Å². The van der Waals surface area contributed by atoms with E-state index in [0.717, 1.165) is 21.9 Å². The van der Waals surface area contributed by atoms with Crippen molar-refractivity contribution in [3.63, 3.8) is 0 Å². The molecular weight excluding hydrogens is 410 g/mol. The molecule has 0 fully saturated rings. The number of nitrogens with zero attached hydrogens (tertiary/aromatic N) is 2. The summed E-state index contributed by atoms with van der Waals surface area (Å²) >= 11 is 7.75. The summed E-state index contributed by atoms with van der Waals surface area (Å²) in [5.74, 6) is 0.326. The molecule has 2 amide bonds. The van der Waals surface area contributed by atoms with Crippen LogP contribution in [-0.4, -0.2) is 37.5 Å². The predicted molar refractivity (Wildman–Crippen MR) is 114 cm³/mol. The van der Waals surface area contributed by atoms with Crippen molar-refractivity contribution in [2.45, 2.75) is 6.42 Å². The first-order valence-corrected chi connectivity index (χ1v) is 10.2. The summed E-state index contributed by atoms with van der Waals surface area (Å²) in [4.78, 5) is 32.4. The molecule has 0 aliphatic carbocycles. The number of aromatic nitrogens is 1. The molecule has 1 N–H and O–H groups in total. The number of carbonyl (C=O) groups is 2. The SMILES string of the molecule is CNC(=O)c1ccc(N(C)C(=O)c2cc3c(s2)-c2ncccc2OCC3)c(Cl)c1. The lowest BCUT2D eigenvalue weighted by atomic mass is 10.1. The van der Waals surface area contributed by atoms with Gasteiger partial charge in [-0.1, -0.05) is 11.6 Å². The lowest BCUT2D eigenvalue weighted by molar-refractivity contribution is 0.0962. The van der Waals surface area contributed by atoms with Crippen LogP contribution < -0.4 is 15.0 Å². The van der Waals surface area contributed by atoms with Gasteiger partial charge in [0.2, 0.25) is 0 Å². The first-order valence-electron chi connectivity index (χ1n) is 9.00. The van der Waals surface area contributed by atoms with Gasteiger partial charge in [-0.2, -0.15) is 0 Å². The number of ether oxygens (including phenoxy) is 1. The third kappa shape index (κ3) is 3.59. The van der Waals surface area contributed by atoms with Crippen LogP contribution in [0.2, 0.25) is 5.02 Å². The fraction of sp³-hybridized carbons (Fsp3) is 0.190. The van der Waals surface area contributed by atoms with Crippen molar-refractivity contribution < 1.29 is 14.3 Å². The number of nitrogens with one attached hydrogen (secondary N) is 1. The molecule has 0 spiro atoms. The minimum Gasteiger partial charge on any atom is -0.491 e. The van der Waals surface area contributed by atoms with Crippen LogP contribution in [0.4, 0.5) is 5.69 Å². The zero-order valence-corrected chi connectivity index (χ0v) is 17.4. The number of hydrogen-bond donors (Lipinski definition) is 1. The monoisotopic (exact) mass is 427 g/mol. The Morgan fingerprint density at radius 2 is 2.10 bits per heavy atom. The number of halogens is 1. The first kappa shape index (κ1) is 19.4. The van der Waals surface area contributed by atoms with Gasteiger partial charge in [0.15, 0.2) is 0 Å². The molecule has 4 rings (SSSR count). The van der Waals surface area contributed by atoms with Gasteiger partial charge in [-0.3, -0.25) is 14.6 Å². The largest absolute Gasteiger partial charge is 0.491 e. The summed E-state index contributed by atoms with van der Waals surface area (Å²) in [5, 5.41) is 2.89. The molecule has 0 bridgehead atoms. The van der Waals surface area contributed by atoms with E-state index < -0.39 is 0 Å². The maximum atomic E-state index is 13.1. The summed E-state index contributed by atoms with van der Waals surface area (Å²) in [6.45, 7) is 0.540. The number of amides is 2. The number of benzene rings is 1. The van der Waals surface area contributed by atoms with Crippen LogP contribution >= 0.6 is 22.9 Å². The van der Waals surface area contributed by atoms with E-state index in [9.17, 15) is 9.59 Å². The van der Waals surface area contributed by atoms with Crippen LogP contribution in [0.5, 0.6) is 5.75 Å². The molecule has 148 valence electrons. The molecule has 0 unspecified atom stereocenters. The van der Waals surface area contributed by atoms with E-state index in [4.69, 9.17) is 16.3 Å². The van der Waals surface area contributed by atoms with E-state index in [1.807, 2.05) is 18.2 Å². The Morgan fingerprint density at radius 1 is 1.28 bits per heavy atom. The average molecular weight is 428 g/mol. The Morgan fingerprint density at radius 3 is 2.86 bits per heavy atom. The highest BCUT2D eigenvalue weighted by molar-refractivity contribution is 7.17. The third-order valence-electron chi connectivity index (χ3n) is 4.74. The Bertz CT molecular complexity index is 1110. The molecule has 0 radical (unpaired) electrons. The normalized spacial score (nSPS) is 12.2. The minimum atomic E-state index is -0.234. The number of hydrogen-bond acceptors (Lipinski definition) is 5. The van der Waals surface area contributed by atoms with Gasteiger partial charge >= 0.3 is 0 Å². The molecule has 6 nitrogen and oxygen atoms in total. The number of fused-ring (bicyclic) bond motifs is 3. The van der Waals surface area contributed by atoms with Crippen molar-refractivity contribution in [1.82, 2.24) is 10.3 Å². The van der Waals surface area contributed by atoms with E-state index in [1.165, 1.54) is 16.2 Å². The maximum Gasteiger partial charge on any atom is 0.268 e. The minimum absolute atomic E-state index is 0.170. The summed E-state index contributed by atoms with van der Waals surface area (Å²) < 4.78 is 5.76. The van der Waals surface area contributed by atoms with Gasteiger partial charge in [0.25, 0.3) is 11.8 Å². The number of anilines is 1. The van der Waals surface area contributed by atoms with Crippen LogP contribution in [0.1, 0.15) is 25.6 Å². The Labute approximate surface area is 177 Å². The van der Waals surface area contributed by atoms with Gasteiger partial charge in [0, 0.05) is 32.3 Å². The van der Waals surface area contributed by atoms with Gasteiger partial charge in [0.1, 0.15) is 11.4 Å². The van der Waals surface area contributed by atoms with Crippen LogP contribution in [0.15, 0.2) is 42.6 Å². The number of thiophene rings is 1. The zero-order chi connectivity index (χ0) is 20.5. The van der Waals surface area contributed by atoms with Gasteiger partial charge in [-0.05, 0) is 42.0 Å². The van der Waals surface area contributed by atoms with Crippen LogP contribution in [0, 0.1) is 0 Å². The van der Waals surface area contributed by atoms with Crippen molar-refractivity contribution in [1.29, 1.82) is 0 Å². The van der Waals surface area contributed by atoms with E-state index in [0.29, 0.717) is 34.2 Å². The summed E-state index contributed by atoms with van der Waals surface area (Å²) in [6.07, 6.45) is 2.43. The smallest absolute Gasteiger partial charge is 0.268 e. The standard InChI is InChI=1S/C21H18ClN3O3S/c1-23-20(26)13-5-6-15(14(22)10-13)25(2)21(27)17-11-12-7-9-28-16-4-3-8-24-18(16)19(12)29-17/h3-6,8,10-11H,7,9H2,1-2H3,(H,23,26). The lowest BCUT2D eigenvalue weighted by Gasteiger charge is -2.18. The lowest BCUT2D eigenvalue weighted by Crippen LogP contribution is -2.26. The molecule has 8 heteroatoms. The number of rotatable bonds is 3. The highest BCUT2D eigenvalue weighted by Crippen LogP contribution is 2.40. The molecule has 2 aromatic heterocycles. The molecule has 0 atom stereocenters. The summed E-state index contributed by atoms with van der Waals surface area (Å²) in [5.41, 5.74) is 2.78. The molecule has 3 heterocycles.